The molecule has 0 aliphatic heterocycles. The first-order valence-electron chi connectivity index (χ1n) is 4.73. The average Bonchev–Trinajstić information content (AvgIpc) is 2.25. The summed E-state index contributed by atoms with van der Waals surface area (Å²) in [5.74, 6) is -0.286. The highest BCUT2D eigenvalue weighted by Gasteiger charge is 2.04. The smallest absolute Gasteiger partial charge is 0.146 e. The quantitative estimate of drug-likeness (QED) is 0.819. The highest BCUT2D eigenvalue weighted by molar-refractivity contribution is 9.10. The van der Waals surface area contributed by atoms with E-state index in [2.05, 4.69) is 21.2 Å². The molecule has 0 aliphatic rings. The van der Waals surface area contributed by atoms with E-state index in [0.29, 0.717) is 11.4 Å². The second kappa shape index (κ2) is 4.53. The summed E-state index contributed by atoms with van der Waals surface area (Å²) in [7, 11) is 0. The number of hydrogen-bond donors (Lipinski definition) is 2. The van der Waals surface area contributed by atoms with E-state index in [0.717, 1.165) is 10.2 Å². The second-order valence-electron chi connectivity index (χ2n) is 3.34. The summed E-state index contributed by atoms with van der Waals surface area (Å²) in [6, 6.07) is 11.8. The zero-order valence-corrected chi connectivity index (χ0v) is 9.96. The molecule has 2 aromatic rings. The van der Waals surface area contributed by atoms with Gasteiger partial charge in [-0.25, -0.2) is 4.39 Å². The minimum atomic E-state index is -0.286. The number of halogens is 2. The molecule has 0 unspecified atom stereocenters. The molecule has 0 heterocycles. The van der Waals surface area contributed by atoms with Crippen LogP contribution in [0.1, 0.15) is 0 Å². The Morgan fingerprint density at radius 1 is 1.06 bits per heavy atom. The molecule has 16 heavy (non-hydrogen) atoms. The molecule has 0 bridgehead atoms. The van der Waals surface area contributed by atoms with E-state index in [9.17, 15) is 4.39 Å². The van der Waals surface area contributed by atoms with Crippen molar-refractivity contribution in [1.82, 2.24) is 0 Å². The Bertz CT molecular complexity index is 514. The van der Waals surface area contributed by atoms with Crippen molar-refractivity contribution in [2.45, 2.75) is 0 Å². The predicted octanol–water partition coefficient (Wildman–Crippen LogP) is 3.91. The van der Waals surface area contributed by atoms with Crippen molar-refractivity contribution in [3.8, 4) is 0 Å². The van der Waals surface area contributed by atoms with Gasteiger partial charge in [0.1, 0.15) is 5.82 Å². The minimum absolute atomic E-state index is 0.286. The standard InChI is InChI=1S/C12H10BrFN2/c13-9-7-8(15)5-6-11(9)16-12-4-2-1-3-10(12)14/h1-7,16H,15H2. The number of anilines is 3. The van der Waals surface area contributed by atoms with Crippen molar-refractivity contribution in [2.24, 2.45) is 0 Å². The molecule has 4 heteroatoms. The van der Waals surface area contributed by atoms with Gasteiger partial charge >= 0.3 is 0 Å². The molecule has 2 aromatic carbocycles. The third kappa shape index (κ3) is 2.33. The fourth-order valence-corrected chi connectivity index (χ4v) is 1.84. The number of nitrogens with one attached hydrogen (secondary N) is 1. The van der Waals surface area contributed by atoms with Crippen LogP contribution < -0.4 is 11.1 Å². The first kappa shape index (κ1) is 11.0. The number of benzene rings is 2. The van der Waals surface area contributed by atoms with Crippen LogP contribution in [0.3, 0.4) is 0 Å². The van der Waals surface area contributed by atoms with E-state index < -0.39 is 0 Å². The molecule has 0 amide bonds. The first-order valence-corrected chi connectivity index (χ1v) is 5.53. The van der Waals surface area contributed by atoms with E-state index in [-0.39, 0.29) is 5.82 Å². The van der Waals surface area contributed by atoms with Crippen LogP contribution in [0.2, 0.25) is 0 Å². The van der Waals surface area contributed by atoms with Crippen molar-refractivity contribution in [3.63, 3.8) is 0 Å². The molecule has 0 aliphatic carbocycles. The lowest BCUT2D eigenvalue weighted by atomic mass is 10.2. The van der Waals surface area contributed by atoms with Crippen LogP contribution in [0.15, 0.2) is 46.9 Å². The topological polar surface area (TPSA) is 38.0 Å². The van der Waals surface area contributed by atoms with Crippen molar-refractivity contribution in [2.75, 3.05) is 11.1 Å². The van der Waals surface area contributed by atoms with E-state index in [1.807, 2.05) is 0 Å². The number of para-hydroxylation sites is 1. The minimum Gasteiger partial charge on any atom is -0.399 e. The van der Waals surface area contributed by atoms with Gasteiger partial charge in [-0.15, -0.1) is 0 Å². The van der Waals surface area contributed by atoms with Gasteiger partial charge in [0.25, 0.3) is 0 Å². The molecule has 0 radical (unpaired) electrons. The lowest BCUT2D eigenvalue weighted by Gasteiger charge is -2.09. The number of nitrogen functional groups attached to an aromatic ring is 1. The number of rotatable bonds is 2. The van der Waals surface area contributed by atoms with Gasteiger partial charge in [-0.05, 0) is 46.3 Å². The predicted molar refractivity (Wildman–Crippen MR) is 68.2 cm³/mol. The van der Waals surface area contributed by atoms with Crippen molar-refractivity contribution < 1.29 is 4.39 Å². The molecule has 0 saturated heterocycles. The van der Waals surface area contributed by atoms with Crippen LogP contribution in [0.4, 0.5) is 21.5 Å². The largest absolute Gasteiger partial charge is 0.399 e. The van der Waals surface area contributed by atoms with Crippen LogP contribution in [0.25, 0.3) is 0 Å². The summed E-state index contributed by atoms with van der Waals surface area (Å²) in [5.41, 5.74) is 7.49. The Hall–Kier alpha value is -1.55. The summed E-state index contributed by atoms with van der Waals surface area (Å²) in [6.45, 7) is 0. The molecule has 82 valence electrons. The Morgan fingerprint density at radius 2 is 1.81 bits per heavy atom. The fraction of sp³-hybridized carbons (Fsp3) is 0. The monoisotopic (exact) mass is 280 g/mol. The Morgan fingerprint density at radius 3 is 2.50 bits per heavy atom. The fourth-order valence-electron chi connectivity index (χ4n) is 1.34. The Labute approximate surface area is 101 Å². The van der Waals surface area contributed by atoms with E-state index in [1.165, 1.54) is 6.07 Å². The molecule has 2 rings (SSSR count). The molecule has 0 fully saturated rings. The van der Waals surface area contributed by atoms with Crippen molar-refractivity contribution in [1.29, 1.82) is 0 Å². The first-order chi connectivity index (χ1) is 7.66. The van der Waals surface area contributed by atoms with Gasteiger partial charge in [-0.1, -0.05) is 12.1 Å². The van der Waals surface area contributed by atoms with Gasteiger partial charge in [-0.2, -0.15) is 0 Å². The molecule has 0 saturated carbocycles. The zero-order valence-electron chi connectivity index (χ0n) is 8.37. The second-order valence-corrected chi connectivity index (χ2v) is 4.20. The summed E-state index contributed by atoms with van der Waals surface area (Å²) >= 11 is 3.36. The Kier molecular flexibility index (Phi) is 3.10. The van der Waals surface area contributed by atoms with Gasteiger partial charge in [0.2, 0.25) is 0 Å². The van der Waals surface area contributed by atoms with Crippen LogP contribution in [0.5, 0.6) is 0 Å². The van der Waals surface area contributed by atoms with Crippen LogP contribution in [0, 0.1) is 5.82 Å². The highest BCUT2D eigenvalue weighted by Crippen LogP contribution is 2.28. The van der Waals surface area contributed by atoms with Gasteiger partial charge in [0, 0.05) is 10.2 Å². The third-order valence-electron chi connectivity index (χ3n) is 2.14. The normalized spacial score (nSPS) is 10.1. The van der Waals surface area contributed by atoms with Crippen molar-refractivity contribution in [3.05, 3.63) is 52.8 Å². The third-order valence-corrected chi connectivity index (χ3v) is 2.79. The molecular weight excluding hydrogens is 271 g/mol. The lowest BCUT2D eigenvalue weighted by Crippen LogP contribution is -1.95. The summed E-state index contributed by atoms with van der Waals surface area (Å²) < 4.78 is 14.2. The van der Waals surface area contributed by atoms with E-state index >= 15 is 0 Å². The molecule has 0 aromatic heterocycles. The highest BCUT2D eigenvalue weighted by atomic mass is 79.9. The van der Waals surface area contributed by atoms with Gasteiger partial charge < -0.3 is 11.1 Å². The van der Waals surface area contributed by atoms with Crippen molar-refractivity contribution >= 4 is 33.0 Å². The summed E-state index contributed by atoms with van der Waals surface area (Å²) in [5, 5.41) is 2.99. The molecule has 3 N–H and O–H groups in total. The van der Waals surface area contributed by atoms with Crippen LogP contribution in [-0.2, 0) is 0 Å². The van der Waals surface area contributed by atoms with Gasteiger partial charge in [-0.3, -0.25) is 0 Å². The summed E-state index contributed by atoms with van der Waals surface area (Å²) in [4.78, 5) is 0. The summed E-state index contributed by atoms with van der Waals surface area (Å²) in [6.07, 6.45) is 0. The SMILES string of the molecule is Nc1ccc(Nc2ccccc2F)c(Br)c1. The van der Waals surface area contributed by atoms with Crippen LogP contribution >= 0.6 is 15.9 Å². The molecule has 0 spiro atoms. The molecular formula is C12H10BrFN2. The average molecular weight is 281 g/mol. The van der Waals surface area contributed by atoms with Gasteiger partial charge in [0.15, 0.2) is 0 Å². The number of hydrogen-bond acceptors (Lipinski definition) is 2. The van der Waals surface area contributed by atoms with E-state index in [4.69, 9.17) is 5.73 Å². The maximum atomic E-state index is 13.4. The number of nitrogens with two attached hydrogens (primary N) is 1. The van der Waals surface area contributed by atoms with Gasteiger partial charge in [0.05, 0.1) is 11.4 Å². The molecule has 0 atom stereocenters. The maximum absolute atomic E-state index is 13.4. The van der Waals surface area contributed by atoms with Crippen LogP contribution in [-0.4, -0.2) is 0 Å². The maximum Gasteiger partial charge on any atom is 0.146 e. The lowest BCUT2D eigenvalue weighted by molar-refractivity contribution is 0.632. The molecule has 2 nitrogen and oxygen atoms in total. The zero-order chi connectivity index (χ0) is 11.5. The Balaban J connectivity index is 2.31. The van der Waals surface area contributed by atoms with E-state index in [1.54, 1.807) is 36.4 Å².